The highest BCUT2D eigenvalue weighted by atomic mass is 16.2. The molecule has 4 aromatic rings. The van der Waals surface area contributed by atoms with Crippen LogP contribution < -0.4 is 21.7 Å². The lowest BCUT2D eigenvalue weighted by atomic mass is 9.81. The highest BCUT2D eigenvalue weighted by Crippen LogP contribution is 2.33. The number of carbonyl (C=O) groups is 3. The van der Waals surface area contributed by atoms with Crippen molar-refractivity contribution in [3.8, 4) is 22.5 Å². The van der Waals surface area contributed by atoms with Gasteiger partial charge in [-0.3, -0.25) is 19.3 Å². The highest BCUT2D eigenvalue weighted by Gasteiger charge is 2.36. The van der Waals surface area contributed by atoms with Crippen LogP contribution in [0.15, 0.2) is 60.7 Å². The molecule has 0 saturated heterocycles. The molecule has 0 aliphatic heterocycles. The number of aromatic nitrogens is 5. The van der Waals surface area contributed by atoms with E-state index in [1.807, 2.05) is 37.3 Å². The van der Waals surface area contributed by atoms with Crippen molar-refractivity contribution in [1.29, 1.82) is 0 Å². The average molecular weight is 707 g/mol. The third-order valence-electron chi connectivity index (χ3n) is 10.9. The number of hydrogen-bond acceptors (Lipinski definition) is 9. The molecule has 2 heterocycles. The minimum Gasteiger partial charge on any atom is -0.368 e. The lowest BCUT2D eigenvalue weighted by Crippen LogP contribution is -2.52. The molecule has 52 heavy (non-hydrogen) atoms. The number of nitrogens with two attached hydrogens (primary N) is 2. The second-order valence-electron chi connectivity index (χ2n) is 14.5. The number of aryl methyl sites for hydroxylation is 1. The fraction of sp³-hybridized carbons (Fsp3) is 0.462. The number of anilines is 1. The zero-order valence-electron chi connectivity index (χ0n) is 30.3. The number of pyridine rings is 1. The first-order chi connectivity index (χ1) is 25.1. The normalized spacial score (nSPS) is 21.0. The summed E-state index contributed by atoms with van der Waals surface area (Å²) in [5.41, 5.74) is 17.1. The molecule has 0 bridgehead atoms. The molecule has 2 aliphatic rings. The van der Waals surface area contributed by atoms with Crippen LogP contribution in [0.3, 0.4) is 0 Å². The number of tetrazole rings is 1. The van der Waals surface area contributed by atoms with Gasteiger partial charge in [-0.05, 0) is 132 Å². The van der Waals surface area contributed by atoms with Crippen LogP contribution >= 0.6 is 0 Å². The fourth-order valence-electron chi connectivity index (χ4n) is 7.71. The van der Waals surface area contributed by atoms with Crippen molar-refractivity contribution in [2.45, 2.75) is 82.8 Å². The van der Waals surface area contributed by atoms with Crippen LogP contribution in [0, 0.1) is 18.8 Å². The molecular weight excluding hydrogens is 656 g/mol. The Morgan fingerprint density at radius 1 is 0.885 bits per heavy atom. The molecule has 2 aromatic heterocycles. The van der Waals surface area contributed by atoms with E-state index in [0.29, 0.717) is 48.6 Å². The molecule has 6 rings (SSSR count). The van der Waals surface area contributed by atoms with E-state index >= 15 is 0 Å². The number of primary amides is 1. The van der Waals surface area contributed by atoms with Crippen LogP contribution in [-0.2, 0) is 16.0 Å². The van der Waals surface area contributed by atoms with E-state index in [1.165, 1.54) is 0 Å². The standard InChI is InChI=1S/C39H50N10O3/c1-24-33(20-21-34(42-24)38(51)43-30-14-18-31(19-15-30)48(2)3)27-8-4-25(5-9-27)22-35(36(41)50)49(39(52)29-10-6-26(23-40)7-11-29)32-16-12-28(13-17-32)37-44-46-47-45-37/h4-5,8-9,12-13,16-17,20-21,26,29-31,35H,6-7,10-11,14-15,18-19,22-23,40H2,1-3H3,(H2,41,50)(H,43,51)(H,44,45,46,47)/t26?,29?,30?,31?,35-/m0/s1. The van der Waals surface area contributed by atoms with Gasteiger partial charge in [0.15, 0.2) is 0 Å². The Morgan fingerprint density at radius 2 is 1.56 bits per heavy atom. The number of aromatic amines is 1. The van der Waals surface area contributed by atoms with Crippen LogP contribution in [0.25, 0.3) is 22.5 Å². The number of carbonyl (C=O) groups excluding carboxylic acids is 3. The smallest absolute Gasteiger partial charge is 0.270 e. The van der Waals surface area contributed by atoms with Gasteiger partial charge in [-0.2, -0.15) is 5.21 Å². The maximum atomic E-state index is 14.3. The first kappa shape index (κ1) is 36.8. The number of benzene rings is 2. The highest BCUT2D eigenvalue weighted by molar-refractivity contribution is 6.02. The van der Waals surface area contributed by atoms with Gasteiger partial charge in [-0.25, -0.2) is 4.98 Å². The number of amides is 3. The van der Waals surface area contributed by atoms with Crippen molar-refractivity contribution in [3.63, 3.8) is 0 Å². The summed E-state index contributed by atoms with van der Waals surface area (Å²) in [4.78, 5) is 49.0. The molecule has 3 amide bonds. The molecule has 1 atom stereocenters. The summed E-state index contributed by atoms with van der Waals surface area (Å²) in [6.45, 7) is 2.51. The minimum absolute atomic E-state index is 0.115. The van der Waals surface area contributed by atoms with E-state index in [4.69, 9.17) is 11.5 Å². The zero-order valence-corrected chi connectivity index (χ0v) is 30.3. The van der Waals surface area contributed by atoms with Gasteiger partial charge in [0, 0.05) is 46.9 Å². The Hall–Kier alpha value is -5.01. The second kappa shape index (κ2) is 16.6. The van der Waals surface area contributed by atoms with Crippen LogP contribution in [-0.4, -0.2) is 87.0 Å². The lowest BCUT2D eigenvalue weighted by molar-refractivity contribution is -0.127. The van der Waals surface area contributed by atoms with Crippen LogP contribution in [0.5, 0.6) is 0 Å². The molecule has 2 fully saturated rings. The fourth-order valence-corrected chi connectivity index (χ4v) is 7.71. The number of H-pyrrole nitrogens is 1. The van der Waals surface area contributed by atoms with Crippen molar-refractivity contribution in [3.05, 3.63) is 77.6 Å². The van der Waals surface area contributed by atoms with E-state index in [2.05, 4.69) is 49.9 Å². The maximum Gasteiger partial charge on any atom is 0.270 e. The largest absolute Gasteiger partial charge is 0.368 e. The average Bonchev–Trinajstić information content (AvgIpc) is 3.71. The van der Waals surface area contributed by atoms with Crippen molar-refractivity contribution >= 4 is 23.4 Å². The number of nitrogens with zero attached hydrogens (tertiary/aromatic N) is 6. The van der Waals surface area contributed by atoms with Crippen molar-refractivity contribution in [2.75, 3.05) is 25.5 Å². The summed E-state index contributed by atoms with van der Waals surface area (Å²) in [7, 11) is 4.22. The van der Waals surface area contributed by atoms with Gasteiger partial charge in [0.1, 0.15) is 11.7 Å². The second-order valence-corrected chi connectivity index (χ2v) is 14.5. The molecule has 6 N–H and O–H groups in total. The van der Waals surface area contributed by atoms with Gasteiger partial charge >= 0.3 is 0 Å². The molecule has 13 nitrogen and oxygen atoms in total. The summed E-state index contributed by atoms with van der Waals surface area (Å²) in [6.07, 6.45) is 7.47. The minimum atomic E-state index is -0.916. The van der Waals surface area contributed by atoms with E-state index < -0.39 is 11.9 Å². The van der Waals surface area contributed by atoms with E-state index in [-0.39, 0.29) is 30.2 Å². The Balaban J connectivity index is 1.18. The monoisotopic (exact) mass is 706 g/mol. The molecule has 2 saturated carbocycles. The Kier molecular flexibility index (Phi) is 11.7. The van der Waals surface area contributed by atoms with Gasteiger partial charge in [0.05, 0.1) is 0 Å². The molecule has 0 radical (unpaired) electrons. The quantitative estimate of drug-likeness (QED) is 0.169. The van der Waals surface area contributed by atoms with Gasteiger partial charge < -0.3 is 21.7 Å². The summed E-state index contributed by atoms with van der Waals surface area (Å²) >= 11 is 0. The topological polar surface area (TPSA) is 189 Å². The first-order valence-corrected chi connectivity index (χ1v) is 18.3. The van der Waals surface area contributed by atoms with E-state index in [0.717, 1.165) is 66.5 Å². The van der Waals surface area contributed by atoms with Crippen LogP contribution in [0.4, 0.5) is 5.69 Å². The molecular formula is C39H50N10O3. The summed E-state index contributed by atoms with van der Waals surface area (Å²) in [6, 6.07) is 18.6. The van der Waals surface area contributed by atoms with Gasteiger partial charge in [-0.15, -0.1) is 10.2 Å². The van der Waals surface area contributed by atoms with Gasteiger partial charge in [0.25, 0.3) is 5.91 Å². The van der Waals surface area contributed by atoms with Gasteiger partial charge in [-0.1, -0.05) is 30.3 Å². The zero-order chi connectivity index (χ0) is 36.8. The Labute approximate surface area is 304 Å². The predicted molar refractivity (Wildman–Crippen MR) is 200 cm³/mol. The predicted octanol–water partition coefficient (Wildman–Crippen LogP) is 4.03. The molecule has 0 unspecified atom stereocenters. The molecule has 274 valence electrons. The lowest BCUT2D eigenvalue weighted by Gasteiger charge is -2.35. The third-order valence-corrected chi connectivity index (χ3v) is 10.9. The van der Waals surface area contributed by atoms with Crippen molar-refractivity contribution in [2.24, 2.45) is 23.3 Å². The molecule has 2 aliphatic carbocycles. The van der Waals surface area contributed by atoms with Crippen molar-refractivity contribution < 1.29 is 14.4 Å². The van der Waals surface area contributed by atoms with E-state index in [9.17, 15) is 14.4 Å². The van der Waals surface area contributed by atoms with Crippen LogP contribution in [0.1, 0.15) is 73.1 Å². The molecule has 2 aromatic carbocycles. The number of hydrogen-bond donors (Lipinski definition) is 4. The Bertz CT molecular complexity index is 1810. The van der Waals surface area contributed by atoms with E-state index in [1.54, 1.807) is 35.2 Å². The van der Waals surface area contributed by atoms with Gasteiger partial charge in [0.2, 0.25) is 17.6 Å². The molecule has 0 spiro atoms. The SMILES string of the molecule is Cc1nc(C(=O)NC2CCC(N(C)C)CC2)ccc1-c1ccc(C[C@@H](C(N)=O)N(C(=O)C2CCC(CN)CC2)c2ccc(-c3nn[nH]n3)cc2)cc1. The third kappa shape index (κ3) is 8.54. The number of nitrogens with one attached hydrogen (secondary N) is 2. The Morgan fingerprint density at radius 3 is 2.13 bits per heavy atom. The summed E-state index contributed by atoms with van der Waals surface area (Å²) in [5, 5.41) is 17.3. The van der Waals surface area contributed by atoms with Crippen molar-refractivity contribution in [1.82, 2.24) is 35.8 Å². The summed E-state index contributed by atoms with van der Waals surface area (Å²) < 4.78 is 0. The number of rotatable bonds is 12. The first-order valence-electron chi connectivity index (χ1n) is 18.3. The van der Waals surface area contributed by atoms with Crippen LogP contribution in [0.2, 0.25) is 0 Å². The summed E-state index contributed by atoms with van der Waals surface area (Å²) in [5.74, 6) is -0.251. The maximum absolute atomic E-state index is 14.3. The molecule has 13 heteroatoms.